The molecule has 0 bridgehead atoms. The lowest BCUT2D eigenvalue weighted by Gasteiger charge is -2.36. The maximum atomic E-state index is 5.76. The van der Waals surface area contributed by atoms with E-state index in [9.17, 15) is 0 Å². The summed E-state index contributed by atoms with van der Waals surface area (Å²) in [5.41, 5.74) is 7.68. The number of nitrogens with two attached hydrogens (primary N) is 1. The van der Waals surface area contributed by atoms with E-state index < -0.39 is 0 Å². The third kappa shape index (κ3) is 5.03. The van der Waals surface area contributed by atoms with Gasteiger partial charge in [0.05, 0.1) is 13.7 Å². The number of hydrogen-bond donors (Lipinski definition) is 1. The van der Waals surface area contributed by atoms with Gasteiger partial charge in [-0.1, -0.05) is 6.07 Å². The van der Waals surface area contributed by atoms with Crippen molar-refractivity contribution < 1.29 is 9.47 Å². The van der Waals surface area contributed by atoms with E-state index in [-0.39, 0.29) is 0 Å². The SMILES string of the molecule is COc1cccc(N2CCN(CCCOc3ccc(N)cc3)CC2)c1. The molecule has 0 amide bonds. The van der Waals surface area contributed by atoms with E-state index >= 15 is 0 Å². The normalized spacial score (nSPS) is 15.2. The second-order valence-corrected chi connectivity index (χ2v) is 6.30. The number of benzene rings is 2. The highest BCUT2D eigenvalue weighted by Crippen LogP contribution is 2.22. The molecule has 0 radical (unpaired) electrons. The molecule has 0 aliphatic carbocycles. The summed E-state index contributed by atoms with van der Waals surface area (Å²) >= 11 is 0. The van der Waals surface area contributed by atoms with E-state index in [1.54, 1.807) is 7.11 Å². The van der Waals surface area contributed by atoms with Crippen LogP contribution < -0.4 is 20.1 Å². The number of methoxy groups -OCH3 is 1. The Labute approximate surface area is 149 Å². The summed E-state index contributed by atoms with van der Waals surface area (Å²) in [5.74, 6) is 1.80. The average Bonchev–Trinajstić information content (AvgIpc) is 2.67. The highest BCUT2D eigenvalue weighted by molar-refractivity contribution is 5.51. The molecule has 5 heteroatoms. The number of nitrogen functional groups attached to an aromatic ring is 1. The Bertz CT molecular complexity index is 652. The monoisotopic (exact) mass is 341 g/mol. The first-order valence-corrected chi connectivity index (χ1v) is 8.84. The molecule has 1 aliphatic heterocycles. The molecule has 1 fully saturated rings. The maximum Gasteiger partial charge on any atom is 0.120 e. The van der Waals surface area contributed by atoms with Gasteiger partial charge in [0.2, 0.25) is 0 Å². The molecule has 5 nitrogen and oxygen atoms in total. The smallest absolute Gasteiger partial charge is 0.120 e. The highest BCUT2D eigenvalue weighted by atomic mass is 16.5. The van der Waals surface area contributed by atoms with Crippen molar-refractivity contribution in [2.45, 2.75) is 6.42 Å². The quantitative estimate of drug-likeness (QED) is 0.620. The zero-order chi connectivity index (χ0) is 17.5. The van der Waals surface area contributed by atoms with Crippen molar-refractivity contribution in [1.29, 1.82) is 0 Å². The Morgan fingerprint density at radius 2 is 1.72 bits per heavy atom. The Hall–Kier alpha value is -2.40. The molecule has 1 aliphatic rings. The van der Waals surface area contributed by atoms with Gasteiger partial charge in [0.1, 0.15) is 11.5 Å². The van der Waals surface area contributed by atoms with Crippen LogP contribution in [-0.4, -0.2) is 51.3 Å². The van der Waals surface area contributed by atoms with Crippen LogP contribution in [-0.2, 0) is 0 Å². The molecule has 134 valence electrons. The molecule has 2 aromatic rings. The second-order valence-electron chi connectivity index (χ2n) is 6.30. The molecule has 1 saturated heterocycles. The minimum atomic E-state index is 0.736. The lowest BCUT2D eigenvalue weighted by molar-refractivity contribution is 0.224. The Morgan fingerprint density at radius 3 is 2.44 bits per heavy atom. The van der Waals surface area contributed by atoms with Gasteiger partial charge >= 0.3 is 0 Å². The first kappa shape index (κ1) is 17.4. The summed E-state index contributed by atoms with van der Waals surface area (Å²) < 4.78 is 11.1. The van der Waals surface area contributed by atoms with E-state index in [1.165, 1.54) is 5.69 Å². The summed E-state index contributed by atoms with van der Waals surface area (Å²) in [5, 5.41) is 0. The van der Waals surface area contributed by atoms with E-state index in [0.717, 1.165) is 62.9 Å². The first-order chi connectivity index (χ1) is 12.2. The molecule has 0 atom stereocenters. The van der Waals surface area contributed by atoms with Crippen LogP contribution in [0.3, 0.4) is 0 Å². The molecule has 0 saturated carbocycles. The van der Waals surface area contributed by atoms with Crippen LogP contribution >= 0.6 is 0 Å². The lowest BCUT2D eigenvalue weighted by Crippen LogP contribution is -2.46. The molecular weight excluding hydrogens is 314 g/mol. The number of rotatable bonds is 7. The molecule has 1 heterocycles. The minimum Gasteiger partial charge on any atom is -0.497 e. The van der Waals surface area contributed by atoms with E-state index in [2.05, 4.69) is 28.0 Å². The predicted octanol–water partition coefficient (Wildman–Crippen LogP) is 2.87. The Morgan fingerprint density at radius 1 is 0.960 bits per heavy atom. The Balaban J connectivity index is 1.37. The van der Waals surface area contributed by atoms with Crippen LogP contribution in [0, 0.1) is 0 Å². The molecule has 0 aromatic heterocycles. The first-order valence-electron chi connectivity index (χ1n) is 8.84. The minimum absolute atomic E-state index is 0.736. The number of hydrogen-bond acceptors (Lipinski definition) is 5. The van der Waals surface area contributed by atoms with Crippen molar-refractivity contribution in [2.24, 2.45) is 0 Å². The summed E-state index contributed by atoms with van der Waals surface area (Å²) in [4.78, 5) is 4.92. The fourth-order valence-electron chi connectivity index (χ4n) is 3.08. The largest absolute Gasteiger partial charge is 0.497 e. The van der Waals surface area contributed by atoms with Crippen LogP contribution in [0.25, 0.3) is 0 Å². The van der Waals surface area contributed by atoms with Gasteiger partial charge in [-0.15, -0.1) is 0 Å². The highest BCUT2D eigenvalue weighted by Gasteiger charge is 2.17. The molecular formula is C20H27N3O2. The fourth-order valence-corrected chi connectivity index (χ4v) is 3.08. The van der Waals surface area contributed by atoms with E-state index in [1.807, 2.05) is 30.3 Å². The Kier molecular flexibility index (Phi) is 6.01. The van der Waals surface area contributed by atoms with Crippen molar-refractivity contribution in [3.05, 3.63) is 48.5 Å². The van der Waals surface area contributed by atoms with Gasteiger partial charge in [-0.2, -0.15) is 0 Å². The van der Waals surface area contributed by atoms with Crippen molar-refractivity contribution in [3.63, 3.8) is 0 Å². The molecule has 2 aromatic carbocycles. The summed E-state index contributed by atoms with van der Waals surface area (Å²) in [6.45, 7) is 6.07. The topological polar surface area (TPSA) is 51.0 Å². The van der Waals surface area contributed by atoms with Gasteiger partial charge in [-0.3, -0.25) is 4.90 Å². The van der Waals surface area contributed by atoms with Crippen LogP contribution in [0.5, 0.6) is 11.5 Å². The zero-order valence-electron chi connectivity index (χ0n) is 14.9. The van der Waals surface area contributed by atoms with E-state index in [0.29, 0.717) is 0 Å². The van der Waals surface area contributed by atoms with Crippen LogP contribution in [0.2, 0.25) is 0 Å². The number of nitrogens with zero attached hydrogens (tertiary/aromatic N) is 2. The second kappa shape index (κ2) is 8.62. The number of piperazine rings is 1. The van der Waals surface area contributed by atoms with Crippen LogP contribution in [0.4, 0.5) is 11.4 Å². The predicted molar refractivity (Wildman–Crippen MR) is 103 cm³/mol. The third-order valence-electron chi connectivity index (χ3n) is 4.56. The molecule has 25 heavy (non-hydrogen) atoms. The van der Waals surface area contributed by atoms with E-state index in [4.69, 9.17) is 15.2 Å². The molecule has 2 N–H and O–H groups in total. The van der Waals surface area contributed by atoms with Crippen molar-refractivity contribution in [3.8, 4) is 11.5 Å². The van der Waals surface area contributed by atoms with Crippen LogP contribution in [0.15, 0.2) is 48.5 Å². The van der Waals surface area contributed by atoms with Gasteiger partial charge < -0.3 is 20.1 Å². The van der Waals surface area contributed by atoms with Gasteiger partial charge in [0, 0.05) is 50.2 Å². The fraction of sp³-hybridized carbons (Fsp3) is 0.400. The van der Waals surface area contributed by atoms with Gasteiger partial charge in [-0.25, -0.2) is 0 Å². The average molecular weight is 341 g/mol. The molecule has 0 unspecified atom stereocenters. The standard InChI is InChI=1S/C20H27N3O2/c1-24-20-5-2-4-18(16-20)23-13-11-22(12-14-23)10-3-15-25-19-8-6-17(21)7-9-19/h2,4-9,16H,3,10-15,21H2,1H3. The van der Waals surface area contributed by atoms with Crippen molar-refractivity contribution in [1.82, 2.24) is 4.90 Å². The lowest BCUT2D eigenvalue weighted by atomic mass is 10.2. The van der Waals surface area contributed by atoms with Crippen LogP contribution in [0.1, 0.15) is 6.42 Å². The summed E-state index contributed by atoms with van der Waals surface area (Å²) in [7, 11) is 1.71. The molecule has 3 rings (SSSR count). The zero-order valence-corrected chi connectivity index (χ0v) is 14.9. The van der Waals surface area contributed by atoms with Gasteiger partial charge in [0.15, 0.2) is 0 Å². The third-order valence-corrected chi connectivity index (χ3v) is 4.56. The van der Waals surface area contributed by atoms with Crippen molar-refractivity contribution >= 4 is 11.4 Å². The van der Waals surface area contributed by atoms with Gasteiger partial charge in [0.25, 0.3) is 0 Å². The number of anilines is 2. The van der Waals surface area contributed by atoms with Crippen molar-refractivity contribution in [2.75, 3.05) is 57.1 Å². The maximum absolute atomic E-state index is 5.76. The summed E-state index contributed by atoms with van der Waals surface area (Å²) in [6, 6.07) is 15.9. The number of ether oxygens (including phenoxy) is 2. The molecule has 0 spiro atoms. The van der Waals surface area contributed by atoms with Gasteiger partial charge in [-0.05, 0) is 42.8 Å². The summed E-state index contributed by atoms with van der Waals surface area (Å²) in [6.07, 6.45) is 1.03.